The van der Waals surface area contributed by atoms with Crippen LogP contribution in [0.5, 0.6) is 0 Å². The Morgan fingerprint density at radius 1 is 1.60 bits per heavy atom. The highest BCUT2D eigenvalue weighted by Gasteiger charge is 2.74. The second kappa shape index (κ2) is 1.37. The fourth-order valence-corrected chi connectivity index (χ4v) is 1.98. The number of carboxylic acids is 1. The first-order valence-corrected chi connectivity index (χ1v) is 3.54. The van der Waals surface area contributed by atoms with E-state index in [0.717, 1.165) is 12.8 Å². The maximum atomic E-state index is 10.6. The summed E-state index contributed by atoms with van der Waals surface area (Å²) in [5.41, 5.74) is -1.11. The first kappa shape index (κ1) is 6.16. The van der Waals surface area contributed by atoms with E-state index < -0.39 is 11.6 Å². The molecule has 1 saturated heterocycles. The quantitative estimate of drug-likeness (QED) is 0.550. The smallest absolute Gasteiger partial charge is 0.339 e. The van der Waals surface area contributed by atoms with E-state index in [1.54, 1.807) is 0 Å². The van der Waals surface area contributed by atoms with Crippen molar-refractivity contribution in [3.05, 3.63) is 0 Å². The van der Waals surface area contributed by atoms with Gasteiger partial charge in [-0.25, -0.2) is 4.79 Å². The number of fused-ring (bicyclic) bond motifs is 1. The lowest BCUT2D eigenvalue weighted by atomic mass is 9.99. The summed E-state index contributed by atoms with van der Waals surface area (Å²) in [4.78, 5) is 10.6. The van der Waals surface area contributed by atoms with Crippen LogP contribution < -0.4 is 0 Å². The molecule has 2 fully saturated rings. The van der Waals surface area contributed by atoms with E-state index in [0.29, 0.717) is 6.42 Å². The van der Waals surface area contributed by atoms with E-state index in [9.17, 15) is 4.79 Å². The molecule has 2 aliphatic rings. The first-order valence-electron chi connectivity index (χ1n) is 3.54. The average Bonchev–Trinajstić information content (AvgIpc) is 2.29. The van der Waals surface area contributed by atoms with Crippen LogP contribution in [0, 0.1) is 0 Å². The fourth-order valence-electron chi connectivity index (χ4n) is 1.98. The van der Waals surface area contributed by atoms with Gasteiger partial charge in [-0.2, -0.15) is 0 Å². The van der Waals surface area contributed by atoms with Gasteiger partial charge in [-0.15, -0.1) is 0 Å². The van der Waals surface area contributed by atoms with Crippen molar-refractivity contribution in [3.8, 4) is 0 Å². The summed E-state index contributed by atoms with van der Waals surface area (Å²) in [5, 5.41) is 8.75. The average molecular weight is 142 g/mol. The number of epoxide rings is 1. The molecule has 1 heterocycles. The molecular formula is C7H10O3. The molecular weight excluding hydrogens is 132 g/mol. The van der Waals surface area contributed by atoms with Crippen LogP contribution in [0.1, 0.15) is 26.2 Å². The van der Waals surface area contributed by atoms with Crippen LogP contribution in [0.4, 0.5) is 0 Å². The third kappa shape index (κ3) is 0.440. The van der Waals surface area contributed by atoms with Crippen molar-refractivity contribution < 1.29 is 14.6 Å². The molecule has 2 atom stereocenters. The van der Waals surface area contributed by atoms with Gasteiger partial charge >= 0.3 is 5.97 Å². The van der Waals surface area contributed by atoms with Gasteiger partial charge in [-0.05, 0) is 26.2 Å². The minimum atomic E-state index is -0.785. The first-order chi connectivity index (χ1) is 4.61. The standard InChI is InChI=1S/C7H10O3/c1-6-3-2-4-7(6,10-6)5(8)9/h2-4H2,1H3,(H,8,9). The molecule has 1 N–H and O–H groups in total. The number of carbonyl (C=O) groups is 1. The van der Waals surface area contributed by atoms with Gasteiger partial charge in [-0.3, -0.25) is 0 Å². The van der Waals surface area contributed by atoms with Gasteiger partial charge in [0, 0.05) is 0 Å². The van der Waals surface area contributed by atoms with E-state index >= 15 is 0 Å². The van der Waals surface area contributed by atoms with Crippen LogP contribution in [0.15, 0.2) is 0 Å². The number of ether oxygens (including phenoxy) is 1. The summed E-state index contributed by atoms with van der Waals surface area (Å²) >= 11 is 0. The zero-order valence-corrected chi connectivity index (χ0v) is 5.89. The van der Waals surface area contributed by atoms with Gasteiger partial charge in [0.1, 0.15) is 5.60 Å². The Balaban J connectivity index is 2.28. The maximum absolute atomic E-state index is 10.6. The maximum Gasteiger partial charge on any atom is 0.339 e. The molecule has 2 rings (SSSR count). The van der Waals surface area contributed by atoms with Gasteiger partial charge in [-0.1, -0.05) is 0 Å². The molecule has 1 saturated carbocycles. The molecule has 0 radical (unpaired) electrons. The van der Waals surface area contributed by atoms with Crippen LogP contribution in [0.2, 0.25) is 0 Å². The van der Waals surface area contributed by atoms with E-state index in [4.69, 9.17) is 9.84 Å². The number of rotatable bonds is 1. The predicted octanol–water partition coefficient (Wildman–Crippen LogP) is 0.783. The third-order valence-corrected chi connectivity index (χ3v) is 2.74. The highest BCUT2D eigenvalue weighted by Crippen LogP contribution is 2.59. The zero-order valence-electron chi connectivity index (χ0n) is 5.89. The number of hydrogen-bond donors (Lipinski definition) is 1. The summed E-state index contributed by atoms with van der Waals surface area (Å²) in [6.07, 6.45) is 2.58. The lowest BCUT2D eigenvalue weighted by Crippen LogP contribution is -2.27. The van der Waals surface area contributed by atoms with Crippen molar-refractivity contribution in [2.45, 2.75) is 37.4 Å². The number of carboxylic acid groups (broad SMARTS) is 1. The van der Waals surface area contributed by atoms with Gasteiger partial charge in [0.2, 0.25) is 0 Å². The number of hydrogen-bond acceptors (Lipinski definition) is 2. The molecule has 3 nitrogen and oxygen atoms in total. The summed E-state index contributed by atoms with van der Waals surface area (Å²) in [5.74, 6) is -0.785. The van der Waals surface area contributed by atoms with Gasteiger partial charge in [0.05, 0.1) is 0 Å². The van der Waals surface area contributed by atoms with Crippen molar-refractivity contribution >= 4 is 5.97 Å². The molecule has 0 bridgehead atoms. The molecule has 1 aliphatic carbocycles. The molecule has 0 aromatic carbocycles. The second-order valence-electron chi connectivity index (χ2n) is 3.32. The molecule has 2 unspecified atom stereocenters. The summed E-state index contributed by atoms with van der Waals surface area (Å²) in [7, 11) is 0. The van der Waals surface area contributed by atoms with E-state index in [1.165, 1.54) is 0 Å². The van der Waals surface area contributed by atoms with Crippen LogP contribution in [0.25, 0.3) is 0 Å². The SMILES string of the molecule is CC12CCCC1(C(=O)O)O2. The normalized spacial score (nSPS) is 50.5. The van der Waals surface area contributed by atoms with Crippen LogP contribution >= 0.6 is 0 Å². The number of aliphatic carboxylic acids is 1. The van der Waals surface area contributed by atoms with Crippen molar-refractivity contribution in [1.82, 2.24) is 0 Å². The van der Waals surface area contributed by atoms with Gasteiger partial charge < -0.3 is 9.84 Å². The van der Waals surface area contributed by atoms with Crippen LogP contribution in [-0.4, -0.2) is 22.3 Å². The summed E-state index contributed by atoms with van der Waals surface area (Å²) in [6.45, 7) is 1.88. The monoisotopic (exact) mass is 142 g/mol. The lowest BCUT2D eigenvalue weighted by molar-refractivity contribution is -0.143. The molecule has 10 heavy (non-hydrogen) atoms. The lowest BCUT2D eigenvalue weighted by Gasteiger charge is -1.99. The summed E-state index contributed by atoms with van der Waals surface area (Å²) in [6, 6.07) is 0. The van der Waals surface area contributed by atoms with Gasteiger partial charge in [0.15, 0.2) is 5.60 Å². The molecule has 0 aromatic rings. The zero-order chi connectivity index (χ0) is 7.41. The van der Waals surface area contributed by atoms with E-state index in [1.807, 2.05) is 6.92 Å². The molecule has 0 spiro atoms. The molecule has 3 heteroatoms. The van der Waals surface area contributed by atoms with Crippen molar-refractivity contribution in [1.29, 1.82) is 0 Å². The Morgan fingerprint density at radius 3 is 2.50 bits per heavy atom. The minimum Gasteiger partial charge on any atom is -0.479 e. The van der Waals surface area contributed by atoms with Crippen LogP contribution in [0.3, 0.4) is 0 Å². The van der Waals surface area contributed by atoms with Gasteiger partial charge in [0.25, 0.3) is 0 Å². The second-order valence-corrected chi connectivity index (χ2v) is 3.32. The Kier molecular flexibility index (Phi) is 0.844. The molecule has 0 aromatic heterocycles. The fraction of sp³-hybridized carbons (Fsp3) is 0.857. The Morgan fingerprint density at radius 2 is 2.30 bits per heavy atom. The highest BCUT2D eigenvalue weighted by molar-refractivity contribution is 5.83. The highest BCUT2D eigenvalue weighted by atomic mass is 16.7. The third-order valence-electron chi connectivity index (χ3n) is 2.74. The van der Waals surface area contributed by atoms with E-state index in [-0.39, 0.29) is 5.60 Å². The van der Waals surface area contributed by atoms with Crippen molar-refractivity contribution in [2.75, 3.05) is 0 Å². The van der Waals surface area contributed by atoms with Crippen molar-refractivity contribution in [3.63, 3.8) is 0 Å². The Bertz CT molecular complexity index is 197. The molecule has 56 valence electrons. The largest absolute Gasteiger partial charge is 0.479 e. The summed E-state index contributed by atoms with van der Waals surface area (Å²) < 4.78 is 5.19. The van der Waals surface area contributed by atoms with E-state index in [2.05, 4.69) is 0 Å². The molecule has 0 amide bonds. The van der Waals surface area contributed by atoms with Crippen molar-refractivity contribution in [2.24, 2.45) is 0 Å². The Labute approximate surface area is 59.0 Å². The minimum absolute atomic E-state index is 0.321. The van der Waals surface area contributed by atoms with Crippen LogP contribution in [-0.2, 0) is 9.53 Å². The molecule has 1 aliphatic heterocycles. The Hall–Kier alpha value is -0.570. The topological polar surface area (TPSA) is 49.8 Å². The predicted molar refractivity (Wildman–Crippen MR) is 33.7 cm³/mol.